The van der Waals surface area contributed by atoms with Crippen LogP contribution in [-0.4, -0.2) is 15.6 Å². The summed E-state index contributed by atoms with van der Waals surface area (Å²) in [5, 5.41) is 2.11. The first-order valence-electron chi connectivity index (χ1n) is 25.6. The Kier molecular flexibility index (Phi) is 13.0. The van der Waals surface area contributed by atoms with Gasteiger partial charge in [0.2, 0.25) is 5.69 Å². The summed E-state index contributed by atoms with van der Waals surface area (Å²) in [5.74, 6) is 0.414. The molecule has 2 aromatic heterocycles. The Hall–Kier alpha value is -9.12. The molecule has 0 radical (unpaired) electrons. The molecule has 1 aliphatic heterocycles. The Morgan fingerprint density at radius 2 is 1.04 bits per heavy atom. The molecule has 376 valence electrons. The van der Waals surface area contributed by atoms with E-state index in [1.165, 1.54) is 17.7 Å². The predicted molar refractivity (Wildman–Crippen MR) is 309 cm³/mol. The van der Waals surface area contributed by atoms with Gasteiger partial charge in [0.15, 0.2) is 0 Å². The number of para-hydroxylation sites is 4. The summed E-state index contributed by atoms with van der Waals surface area (Å²) < 4.78 is 43.5. The Labute approximate surface area is 466 Å². The van der Waals surface area contributed by atoms with Crippen LogP contribution < -0.4 is 13.9 Å². The van der Waals surface area contributed by atoms with Crippen molar-refractivity contribution in [2.24, 2.45) is 0 Å². The summed E-state index contributed by atoms with van der Waals surface area (Å²) >= 11 is 0. The third-order valence-corrected chi connectivity index (χ3v) is 14.3. The zero-order valence-corrected chi connectivity index (χ0v) is 45.1. The van der Waals surface area contributed by atoms with E-state index in [2.05, 4.69) is 159 Å². The fourth-order valence-electron chi connectivity index (χ4n) is 10.5. The molecule has 0 fully saturated rings. The van der Waals surface area contributed by atoms with Crippen molar-refractivity contribution in [3.63, 3.8) is 0 Å². The van der Waals surface area contributed by atoms with E-state index in [9.17, 15) is 0 Å². The first-order chi connectivity index (χ1) is 37.6. The fraction of sp³-hybridized carbons (Fsp3) is 0.0571. The fourth-order valence-corrected chi connectivity index (χ4v) is 10.5. The van der Waals surface area contributed by atoms with Crippen LogP contribution >= 0.6 is 0 Å². The zero-order chi connectivity index (χ0) is 52.2. The minimum absolute atomic E-state index is 0. The first kappa shape index (κ1) is 49.7. The zero-order valence-electron chi connectivity index (χ0n) is 42.8. The molecule has 0 saturated carbocycles. The van der Waals surface area contributed by atoms with Gasteiger partial charge < -0.3 is 9.30 Å². The van der Waals surface area contributed by atoms with Crippen molar-refractivity contribution in [2.75, 3.05) is 0 Å². The van der Waals surface area contributed by atoms with Crippen molar-refractivity contribution >= 4 is 50.6 Å². The van der Waals surface area contributed by atoms with Gasteiger partial charge in [-0.05, 0) is 121 Å². The molecular weight excluding hydrogens is 1150 g/mol. The predicted octanol–water partition coefficient (Wildman–Crippen LogP) is 18.3. The van der Waals surface area contributed by atoms with Crippen LogP contribution in [0.3, 0.4) is 0 Å². The van der Waals surface area contributed by atoms with Crippen molar-refractivity contribution < 1.29 is 34.6 Å². The number of pyridine rings is 1. The molecular formula is C70H48F2N4OPt+2. The number of ether oxygens (including phenoxy) is 1. The second-order valence-corrected chi connectivity index (χ2v) is 20.3. The van der Waals surface area contributed by atoms with Crippen LogP contribution in [0.1, 0.15) is 26.3 Å². The molecule has 12 aromatic rings. The van der Waals surface area contributed by atoms with Crippen LogP contribution in [0.5, 0.6) is 11.5 Å². The molecule has 8 heteroatoms. The number of hydrogen-bond acceptors (Lipinski definition) is 2. The first-order valence-corrected chi connectivity index (χ1v) is 25.6. The molecule has 0 bridgehead atoms. The average Bonchev–Trinajstić information content (AvgIpc) is 4.17. The van der Waals surface area contributed by atoms with E-state index in [0.29, 0.717) is 34.0 Å². The Bertz CT molecular complexity index is 4270. The van der Waals surface area contributed by atoms with Crippen molar-refractivity contribution in [3.05, 3.63) is 266 Å². The molecule has 3 heterocycles. The van der Waals surface area contributed by atoms with Crippen molar-refractivity contribution in [3.8, 4) is 73.0 Å². The SMILES string of the molecule is CC(C)(C)c1ccnc(-n2c3[c-]c(Oc4[c-]c([N+]5=C=[N+](c6c(-c7ccccc7)cccc6-c6cc(F)cc(F)c6)c6ccccc65)cc(-c5cc(-c6ccccc6)cc(-c6ccccc6)c5)c4)ccc3c3ccccc32)c1.[Pt+2]. The van der Waals surface area contributed by atoms with Crippen molar-refractivity contribution in [2.45, 2.75) is 26.2 Å². The van der Waals surface area contributed by atoms with Gasteiger partial charge in [-0.2, -0.15) is 6.07 Å². The summed E-state index contributed by atoms with van der Waals surface area (Å²) in [7, 11) is 0. The van der Waals surface area contributed by atoms with Crippen LogP contribution in [-0.2, 0) is 26.5 Å². The van der Waals surface area contributed by atoms with Gasteiger partial charge in [0.05, 0.1) is 11.1 Å². The van der Waals surface area contributed by atoms with E-state index < -0.39 is 11.6 Å². The number of benzene rings is 10. The van der Waals surface area contributed by atoms with Gasteiger partial charge in [0.1, 0.15) is 23.1 Å². The molecule has 0 saturated heterocycles. The Balaban J connectivity index is 0.00000609. The minimum atomic E-state index is -0.664. The van der Waals surface area contributed by atoms with Crippen LogP contribution in [0.4, 0.5) is 31.5 Å². The molecule has 1 aliphatic rings. The summed E-state index contributed by atoms with van der Waals surface area (Å²) in [5.41, 5.74) is 14.8. The molecule has 0 N–H and O–H groups in total. The van der Waals surface area contributed by atoms with Crippen LogP contribution in [0.15, 0.2) is 237 Å². The van der Waals surface area contributed by atoms with E-state index in [1.54, 1.807) is 0 Å². The quantitative estimate of drug-likeness (QED) is 0.101. The molecule has 5 nitrogen and oxygen atoms in total. The van der Waals surface area contributed by atoms with E-state index in [-0.39, 0.29) is 26.5 Å². The molecule has 13 rings (SSSR count). The summed E-state index contributed by atoms with van der Waals surface area (Å²) in [6.07, 6.45) is 1.88. The van der Waals surface area contributed by atoms with Crippen LogP contribution in [0.2, 0.25) is 0 Å². The van der Waals surface area contributed by atoms with Crippen molar-refractivity contribution in [1.29, 1.82) is 0 Å². The van der Waals surface area contributed by atoms with Crippen LogP contribution in [0, 0.1) is 23.8 Å². The maximum Gasteiger partial charge on any atom is 2.00 e. The molecule has 0 aliphatic carbocycles. The number of fused-ring (bicyclic) bond motifs is 4. The molecule has 0 atom stereocenters. The summed E-state index contributed by atoms with van der Waals surface area (Å²) in [4.78, 5) is 4.91. The second-order valence-electron chi connectivity index (χ2n) is 20.3. The van der Waals surface area contributed by atoms with Gasteiger partial charge >= 0.3 is 27.1 Å². The van der Waals surface area contributed by atoms with E-state index >= 15 is 8.78 Å². The smallest absolute Gasteiger partial charge is 0.509 e. The van der Waals surface area contributed by atoms with Gasteiger partial charge in [0.25, 0.3) is 11.4 Å². The second kappa shape index (κ2) is 20.4. The summed E-state index contributed by atoms with van der Waals surface area (Å²) in [6.45, 7) is 6.62. The van der Waals surface area contributed by atoms with Crippen molar-refractivity contribution in [1.82, 2.24) is 18.7 Å². The molecule has 78 heavy (non-hydrogen) atoms. The number of rotatable bonds is 10. The molecule has 0 unspecified atom stereocenters. The Morgan fingerprint density at radius 3 is 1.69 bits per heavy atom. The molecule has 0 amide bonds. The topological polar surface area (TPSA) is 33.1 Å². The molecule has 10 aromatic carbocycles. The van der Waals surface area contributed by atoms with Gasteiger partial charge in [-0.15, -0.1) is 29.1 Å². The largest absolute Gasteiger partial charge is 2.00 e. The third-order valence-electron chi connectivity index (χ3n) is 14.3. The van der Waals surface area contributed by atoms with E-state index in [4.69, 9.17) is 9.72 Å². The minimum Gasteiger partial charge on any atom is -0.509 e. The van der Waals surface area contributed by atoms with Gasteiger partial charge in [-0.3, -0.25) is 0 Å². The van der Waals surface area contributed by atoms with Gasteiger partial charge in [-0.25, -0.2) is 13.8 Å². The number of halogens is 2. The number of aromatic nitrogens is 2. The molecule has 0 spiro atoms. The van der Waals surface area contributed by atoms with E-state index in [0.717, 1.165) is 89.6 Å². The van der Waals surface area contributed by atoms with Gasteiger partial charge in [0, 0.05) is 41.4 Å². The maximum absolute atomic E-state index is 15.2. The van der Waals surface area contributed by atoms with Gasteiger partial charge in [-0.1, -0.05) is 170 Å². The van der Waals surface area contributed by atoms with E-state index in [1.807, 2.05) is 112 Å². The monoisotopic (exact) mass is 1190 g/mol. The third kappa shape index (κ3) is 9.38. The Morgan fingerprint density at radius 1 is 0.474 bits per heavy atom. The maximum atomic E-state index is 15.2. The standard InChI is InChI=1S/C70H48F2N4O.Pt/c1-70(2,3)54-32-33-73-68(41-54)76-64-27-14-13-24-62(64)63-31-30-58(44-67(63)76)77-59-40-52(51-35-49(46-18-7-4-8-19-46)34-50(36-51)47-20-9-5-10-21-47)39-57(43-59)74-45-75(66-29-16-15-28-65(66)74)69-60(48-22-11-6-12-23-48)25-17-26-61(69)53-37-55(71)42-56(72)38-53;/h4-42H,1-3H3;/q;+2. The average molecular weight is 1190 g/mol. The summed E-state index contributed by atoms with van der Waals surface area (Å²) in [6, 6.07) is 87.0. The van der Waals surface area contributed by atoms with Crippen LogP contribution in [0.25, 0.3) is 83.3 Å². The number of nitrogens with zero attached hydrogens (tertiary/aromatic N) is 4. The normalized spacial score (nSPS) is 12.0. The number of hydrogen-bond donors (Lipinski definition) is 0.